The summed E-state index contributed by atoms with van der Waals surface area (Å²) in [5.41, 5.74) is -1.30. The van der Waals surface area contributed by atoms with Crippen molar-refractivity contribution in [3.05, 3.63) is 41.7 Å². The van der Waals surface area contributed by atoms with E-state index < -0.39 is 52.7 Å². The van der Waals surface area contributed by atoms with E-state index >= 15 is 0 Å². The molecule has 8 heteroatoms. The fraction of sp³-hybridized carbons (Fsp3) is 0.308. The average Bonchev–Trinajstić information content (AvgIpc) is 2.49. The van der Waals surface area contributed by atoms with Gasteiger partial charge in [0.25, 0.3) is 0 Å². The van der Waals surface area contributed by atoms with Gasteiger partial charge in [0, 0.05) is 5.92 Å². The van der Waals surface area contributed by atoms with Gasteiger partial charge in [-0.15, -0.1) is 6.58 Å². The molecular weight excluding hydrogens is 297 g/mol. The van der Waals surface area contributed by atoms with Gasteiger partial charge in [-0.3, -0.25) is 0 Å². The first kappa shape index (κ1) is 16.9. The number of nitrogens with one attached hydrogen (secondary N) is 1. The summed E-state index contributed by atoms with van der Waals surface area (Å²) in [6.45, 7) is 4.84. The standard InChI is InChI=1S/C13H12F5NO2/c1-4-5(2)11(13(20)21-3)19-12-9(17)7(15)6(14)8(16)10(12)18/h4-5,11,19H,1H2,2-3H3/t5-,11+/m0/s1. The van der Waals surface area contributed by atoms with Crippen molar-refractivity contribution in [2.24, 2.45) is 5.92 Å². The zero-order valence-electron chi connectivity index (χ0n) is 11.1. The normalized spacial score (nSPS) is 13.5. The zero-order valence-corrected chi connectivity index (χ0v) is 11.1. The van der Waals surface area contributed by atoms with Crippen LogP contribution < -0.4 is 5.32 Å². The summed E-state index contributed by atoms with van der Waals surface area (Å²) < 4.78 is 70.6. The van der Waals surface area contributed by atoms with Crippen LogP contribution in [-0.4, -0.2) is 19.1 Å². The van der Waals surface area contributed by atoms with Crippen LogP contribution in [0.1, 0.15) is 6.92 Å². The van der Waals surface area contributed by atoms with Crippen LogP contribution in [0.4, 0.5) is 27.6 Å². The van der Waals surface area contributed by atoms with Gasteiger partial charge in [-0.2, -0.15) is 0 Å². The number of esters is 1. The third-order valence-corrected chi connectivity index (χ3v) is 2.86. The van der Waals surface area contributed by atoms with E-state index in [2.05, 4.69) is 11.3 Å². The van der Waals surface area contributed by atoms with Gasteiger partial charge in [0.15, 0.2) is 23.3 Å². The van der Waals surface area contributed by atoms with Gasteiger partial charge in [-0.05, 0) is 0 Å². The Labute approximate surface area is 117 Å². The van der Waals surface area contributed by atoms with Crippen molar-refractivity contribution in [2.75, 3.05) is 12.4 Å². The van der Waals surface area contributed by atoms with Crippen molar-refractivity contribution < 1.29 is 31.5 Å². The lowest BCUT2D eigenvalue weighted by atomic mass is 10.0. The van der Waals surface area contributed by atoms with Crippen LogP contribution in [0.3, 0.4) is 0 Å². The Balaban J connectivity index is 3.33. The average molecular weight is 309 g/mol. The van der Waals surface area contributed by atoms with E-state index in [1.54, 1.807) is 0 Å². The van der Waals surface area contributed by atoms with Crippen LogP contribution in [0, 0.1) is 35.0 Å². The summed E-state index contributed by atoms with van der Waals surface area (Å²) >= 11 is 0. The monoisotopic (exact) mass is 309 g/mol. The second kappa shape index (κ2) is 6.55. The molecule has 0 aliphatic carbocycles. The van der Waals surface area contributed by atoms with Gasteiger partial charge < -0.3 is 10.1 Å². The minimum absolute atomic E-state index is 0.688. The molecule has 1 rings (SSSR count). The van der Waals surface area contributed by atoms with Gasteiger partial charge in [-0.25, -0.2) is 26.7 Å². The van der Waals surface area contributed by atoms with E-state index in [1.807, 2.05) is 5.32 Å². The molecule has 0 aliphatic heterocycles. The largest absolute Gasteiger partial charge is 0.467 e. The third kappa shape index (κ3) is 3.14. The van der Waals surface area contributed by atoms with E-state index in [0.29, 0.717) is 0 Å². The molecule has 2 atom stereocenters. The Morgan fingerprint density at radius 2 is 1.52 bits per heavy atom. The minimum Gasteiger partial charge on any atom is -0.467 e. The molecule has 0 unspecified atom stereocenters. The maximum atomic E-state index is 13.5. The topological polar surface area (TPSA) is 38.3 Å². The highest BCUT2D eigenvalue weighted by molar-refractivity contribution is 5.80. The van der Waals surface area contributed by atoms with Crippen molar-refractivity contribution >= 4 is 11.7 Å². The van der Waals surface area contributed by atoms with Gasteiger partial charge in [0.1, 0.15) is 11.7 Å². The van der Waals surface area contributed by atoms with E-state index in [1.165, 1.54) is 13.0 Å². The molecular formula is C13H12F5NO2. The zero-order chi connectivity index (χ0) is 16.3. The van der Waals surface area contributed by atoms with Gasteiger partial charge in [0.05, 0.1) is 7.11 Å². The Morgan fingerprint density at radius 3 is 1.90 bits per heavy atom. The van der Waals surface area contributed by atoms with Crippen LogP contribution in [0.5, 0.6) is 0 Å². The Bertz CT molecular complexity index is 547. The SMILES string of the molecule is C=C[C@H](C)[C@@H](Nc1c(F)c(F)c(F)c(F)c1F)C(=O)OC. The van der Waals surface area contributed by atoms with Crippen molar-refractivity contribution in [1.29, 1.82) is 0 Å². The third-order valence-electron chi connectivity index (χ3n) is 2.86. The molecule has 0 saturated carbocycles. The highest BCUT2D eigenvalue weighted by atomic mass is 19.2. The van der Waals surface area contributed by atoms with Crippen LogP contribution in [-0.2, 0) is 9.53 Å². The molecule has 1 N–H and O–H groups in total. The number of rotatable bonds is 5. The summed E-state index contributed by atoms with van der Waals surface area (Å²) in [4.78, 5) is 11.5. The lowest BCUT2D eigenvalue weighted by Crippen LogP contribution is -2.36. The maximum Gasteiger partial charge on any atom is 0.328 e. The Morgan fingerprint density at radius 1 is 1.10 bits per heavy atom. The fourth-order valence-electron chi connectivity index (χ4n) is 1.56. The number of carbonyl (C=O) groups excluding carboxylic acids is 1. The van der Waals surface area contributed by atoms with Crippen LogP contribution in [0.2, 0.25) is 0 Å². The molecule has 21 heavy (non-hydrogen) atoms. The first-order chi connectivity index (χ1) is 9.76. The number of anilines is 1. The smallest absolute Gasteiger partial charge is 0.328 e. The number of methoxy groups -OCH3 is 1. The molecule has 0 amide bonds. The van der Waals surface area contributed by atoms with Gasteiger partial charge in [-0.1, -0.05) is 13.0 Å². The summed E-state index contributed by atoms with van der Waals surface area (Å²) in [5.74, 6) is -12.2. The van der Waals surface area contributed by atoms with Crippen LogP contribution in [0.15, 0.2) is 12.7 Å². The van der Waals surface area contributed by atoms with E-state index in [0.717, 1.165) is 7.11 Å². The highest BCUT2D eigenvalue weighted by Crippen LogP contribution is 2.28. The predicted molar refractivity (Wildman–Crippen MR) is 65.0 cm³/mol. The number of carbonyl (C=O) groups is 1. The lowest BCUT2D eigenvalue weighted by Gasteiger charge is -2.22. The number of hydrogen-bond donors (Lipinski definition) is 1. The Kier molecular flexibility index (Phi) is 5.28. The Hall–Kier alpha value is -2.12. The number of hydrogen-bond acceptors (Lipinski definition) is 3. The van der Waals surface area contributed by atoms with Gasteiger partial charge >= 0.3 is 5.97 Å². The number of benzene rings is 1. The van der Waals surface area contributed by atoms with Crippen LogP contribution in [0.25, 0.3) is 0 Å². The predicted octanol–water partition coefficient (Wildman–Crippen LogP) is 3.16. The fourth-order valence-corrected chi connectivity index (χ4v) is 1.56. The second-order valence-corrected chi connectivity index (χ2v) is 4.18. The van der Waals surface area contributed by atoms with Crippen molar-refractivity contribution in [3.8, 4) is 0 Å². The molecule has 0 fully saturated rings. The second-order valence-electron chi connectivity index (χ2n) is 4.18. The van der Waals surface area contributed by atoms with E-state index in [-0.39, 0.29) is 0 Å². The minimum atomic E-state index is -2.28. The first-order valence-electron chi connectivity index (χ1n) is 5.74. The van der Waals surface area contributed by atoms with E-state index in [9.17, 15) is 26.7 Å². The van der Waals surface area contributed by atoms with E-state index in [4.69, 9.17) is 0 Å². The van der Waals surface area contributed by atoms with Gasteiger partial charge in [0.2, 0.25) is 5.82 Å². The molecule has 3 nitrogen and oxygen atoms in total. The first-order valence-corrected chi connectivity index (χ1v) is 5.74. The number of halogens is 5. The highest BCUT2D eigenvalue weighted by Gasteiger charge is 2.31. The summed E-state index contributed by atoms with van der Waals surface area (Å²) in [6.07, 6.45) is 1.26. The maximum absolute atomic E-state index is 13.5. The van der Waals surface area contributed by atoms with Crippen molar-refractivity contribution in [1.82, 2.24) is 0 Å². The molecule has 0 radical (unpaired) electrons. The molecule has 116 valence electrons. The summed E-state index contributed by atoms with van der Waals surface area (Å²) in [7, 11) is 1.02. The molecule has 0 aromatic heterocycles. The van der Waals surface area contributed by atoms with Crippen molar-refractivity contribution in [2.45, 2.75) is 13.0 Å². The lowest BCUT2D eigenvalue weighted by molar-refractivity contribution is -0.142. The molecule has 0 saturated heterocycles. The summed E-state index contributed by atoms with van der Waals surface area (Å²) in [5, 5.41) is 1.98. The molecule has 1 aromatic carbocycles. The molecule has 0 bridgehead atoms. The van der Waals surface area contributed by atoms with Crippen molar-refractivity contribution in [3.63, 3.8) is 0 Å². The quantitative estimate of drug-likeness (QED) is 0.298. The molecule has 0 heterocycles. The summed E-state index contributed by atoms with van der Waals surface area (Å²) in [6, 6.07) is -1.36. The molecule has 0 aliphatic rings. The molecule has 0 spiro atoms. The molecule has 1 aromatic rings. The van der Waals surface area contributed by atoms with Crippen LogP contribution >= 0.6 is 0 Å². The number of ether oxygens (including phenoxy) is 1.